The molecule has 0 fully saturated rings. The van der Waals surface area contributed by atoms with Crippen LogP contribution in [0, 0.1) is 0 Å². The summed E-state index contributed by atoms with van der Waals surface area (Å²) in [6.45, 7) is 0. The van der Waals surface area contributed by atoms with Crippen molar-refractivity contribution in [1.29, 1.82) is 0 Å². The van der Waals surface area contributed by atoms with Gasteiger partial charge in [0, 0.05) is 11.1 Å². The zero-order chi connectivity index (χ0) is 18.8. The summed E-state index contributed by atoms with van der Waals surface area (Å²) in [4.78, 5) is 47.0. The van der Waals surface area contributed by atoms with E-state index in [0.29, 0.717) is 5.06 Å². The van der Waals surface area contributed by atoms with Gasteiger partial charge in [0.15, 0.2) is 0 Å². The second kappa shape index (κ2) is 7.05. The maximum atomic E-state index is 12.3. The van der Waals surface area contributed by atoms with Crippen LogP contribution in [0.2, 0.25) is 0 Å². The number of pyridine rings is 1. The summed E-state index contributed by atoms with van der Waals surface area (Å²) in [5.74, 6) is -2.07. The third kappa shape index (κ3) is 3.32. The van der Waals surface area contributed by atoms with Crippen LogP contribution in [0.4, 0.5) is 0 Å². The number of rotatable bonds is 4. The molecule has 6 nitrogen and oxygen atoms in total. The number of amides is 2. The quantitative estimate of drug-likeness (QED) is 0.648. The number of benzene rings is 2. The van der Waals surface area contributed by atoms with Gasteiger partial charge < -0.3 is 4.84 Å². The number of hydrogen-bond donors (Lipinski definition) is 0. The van der Waals surface area contributed by atoms with Gasteiger partial charge in [-0.1, -0.05) is 35.0 Å². The molecule has 0 saturated carbocycles. The topological polar surface area (TPSA) is 76.6 Å². The first kappa shape index (κ1) is 17.0. The molecule has 1 aromatic heterocycles. The molecule has 2 aromatic carbocycles. The number of hydrogen-bond acceptors (Lipinski definition) is 6. The molecule has 0 N–H and O–H groups in total. The van der Waals surface area contributed by atoms with Crippen molar-refractivity contribution in [2.24, 2.45) is 0 Å². The molecule has 0 spiro atoms. The highest BCUT2D eigenvalue weighted by molar-refractivity contribution is 7.99. The van der Waals surface area contributed by atoms with Crippen LogP contribution in [0.1, 0.15) is 31.1 Å². The summed E-state index contributed by atoms with van der Waals surface area (Å²) in [5.41, 5.74) is 0.673. The van der Waals surface area contributed by atoms with Crippen molar-refractivity contribution in [2.45, 2.75) is 9.92 Å². The molecule has 27 heavy (non-hydrogen) atoms. The standard InChI is InChI=1S/C20H12N2O4S/c23-18-15-5-1-2-6-16(15)19(24)22(18)26-20(25)13-8-10-14(11-9-13)27-17-7-3-4-12-21-17/h1-12H. The second-order valence-electron chi connectivity index (χ2n) is 5.62. The van der Waals surface area contributed by atoms with Gasteiger partial charge >= 0.3 is 5.97 Å². The van der Waals surface area contributed by atoms with Crippen LogP contribution < -0.4 is 0 Å². The summed E-state index contributed by atoms with van der Waals surface area (Å²) in [6, 6.07) is 18.6. The zero-order valence-electron chi connectivity index (χ0n) is 13.9. The van der Waals surface area contributed by atoms with Crippen molar-refractivity contribution in [1.82, 2.24) is 10.0 Å². The van der Waals surface area contributed by atoms with Crippen LogP contribution in [0.15, 0.2) is 82.8 Å². The molecule has 0 atom stereocenters. The highest BCUT2D eigenvalue weighted by Gasteiger charge is 2.38. The summed E-state index contributed by atoms with van der Waals surface area (Å²) in [7, 11) is 0. The lowest BCUT2D eigenvalue weighted by Gasteiger charge is -2.12. The van der Waals surface area contributed by atoms with E-state index in [1.54, 1.807) is 42.6 Å². The number of nitrogens with zero attached hydrogens (tertiary/aromatic N) is 2. The average molecular weight is 376 g/mol. The Morgan fingerprint density at radius 3 is 2.07 bits per heavy atom. The number of hydroxylamine groups is 2. The van der Waals surface area contributed by atoms with E-state index in [0.717, 1.165) is 9.92 Å². The predicted octanol–water partition coefficient (Wildman–Crippen LogP) is 3.60. The Hall–Kier alpha value is -3.45. The molecule has 0 radical (unpaired) electrons. The summed E-state index contributed by atoms with van der Waals surface area (Å²) in [6.07, 6.45) is 1.70. The van der Waals surface area contributed by atoms with Gasteiger partial charge in [-0.3, -0.25) is 9.59 Å². The maximum absolute atomic E-state index is 12.3. The number of imide groups is 1. The molecule has 4 rings (SSSR count). The van der Waals surface area contributed by atoms with Crippen LogP contribution >= 0.6 is 11.8 Å². The predicted molar refractivity (Wildman–Crippen MR) is 97.2 cm³/mol. The largest absolute Gasteiger partial charge is 0.363 e. The van der Waals surface area contributed by atoms with Gasteiger partial charge in [-0.2, -0.15) is 0 Å². The van der Waals surface area contributed by atoms with Gasteiger partial charge in [0.1, 0.15) is 5.03 Å². The Kier molecular flexibility index (Phi) is 4.43. The minimum Gasteiger partial charge on any atom is -0.324 e. The SMILES string of the molecule is O=C(ON1C(=O)c2ccccc2C1=O)c1ccc(Sc2ccccn2)cc1. The number of fused-ring (bicyclic) bond motifs is 1. The maximum Gasteiger partial charge on any atom is 0.363 e. The van der Waals surface area contributed by atoms with E-state index >= 15 is 0 Å². The Labute approximate surface area is 158 Å². The van der Waals surface area contributed by atoms with Crippen LogP contribution in [-0.4, -0.2) is 27.8 Å². The van der Waals surface area contributed by atoms with Crippen LogP contribution in [0.5, 0.6) is 0 Å². The van der Waals surface area contributed by atoms with Gasteiger partial charge in [0.05, 0.1) is 16.7 Å². The van der Waals surface area contributed by atoms with Gasteiger partial charge in [0.25, 0.3) is 11.8 Å². The van der Waals surface area contributed by atoms with E-state index in [4.69, 9.17) is 4.84 Å². The number of carbonyl (C=O) groups excluding carboxylic acids is 3. The molecule has 1 aliphatic rings. The lowest BCUT2D eigenvalue weighted by atomic mass is 10.1. The molecule has 2 amide bonds. The molecule has 0 bridgehead atoms. The Balaban J connectivity index is 1.46. The molecule has 7 heteroatoms. The fourth-order valence-corrected chi connectivity index (χ4v) is 3.35. The summed E-state index contributed by atoms with van der Waals surface area (Å²) < 4.78 is 0. The molecular formula is C20H12N2O4S. The second-order valence-corrected chi connectivity index (χ2v) is 6.72. The van der Waals surface area contributed by atoms with E-state index in [1.165, 1.54) is 23.9 Å². The van der Waals surface area contributed by atoms with Crippen LogP contribution in [0.25, 0.3) is 0 Å². The molecule has 0 aliphatic carbocycles. The Bertz CT molecular complexity index is 1000. The van der Waals surface area contributed by atoms with E-state index in [1.807, 2.05) is 18.2 Å². The normalized spacial score (nSPS) is 12.8. The highest BCUT2D eigenvalue weighted by Crippen LogP contribution is 2.27. The fourth-order valence-electron chi connectivity index (χ4n) is 2.57. The van der Waals surface area contributed by atoms with Crippen LogP contribution in [-0.2, 0) is 4.84 Å². The summed E-state index contributed by atoms with van der Waals surface area (Å²) in [5, 5.41) is 1.34. The molecule has 2 heterocycles. The van der Waals surface area contributed by atoms with Crippen molar-refractivity contribution in [3.63, 3.8) is 0 Å². The highest BCUT2D eigenvalue weighted by atomic mass is 32.2. The monoisotopic (exact) mass is 376 g/mol. The third-order valence-corrected chi connectivity index (χ3v) is 4.84. The fraction of sp³-hybridized carbons (Fsp3) is 0. The van der Waals surface area contributed by atoms with Gasteiger partial charge in [-0.15, -0.1) is 0 Å². The van der Waals surface area contributed by atoms with Crippen molar-refractivity contribution in [3.8, 4) is 0 Å². The lowest BCUT2D eigenvalue weighted by molar-refractivity contribution is -0.0584. The van der Waals surface area contributed by atoms with Crippen molar-refractivity contribution >= 4 is 29.5 Å². The minimum atomic E-state index is -0.779. The minimum absolute atomic E-state index is 0.220. The molecule has 0 unspecified atom stereocenters. The Morgan fingerprint density at radius 2 is 1.48 bits per heavy atom. The molecule has 3 aromatic rings. The van der Waals surface area contributed by atoms with Gasteiger partial charge in [-0.25, -0.2) is 9.78 Å². The lowest BCUT2D eigenvalue weighted by Crippen LogP contribution is -2.32. The van der Waals surface area contributed by atoms with Gasteiger partial charge in [-0.05, 0) is 48.5 Å². The van der Waals surface area contributed by atoms with E-state index in [2.05, 4.69) is 4.98 Å². The molecule has 0 saturated heterocycles. The van der Waals surface area contributed by atoms with E-state index < -0.39 is 17.8 Å². The van der Waals surface area contributed by atoms with Gasteiger partial charge in [0.2, 0.25) is 0 Å². The number of aromatic nitrogens is 1. The first-order chi connectivity index (χ1) is 13.1. The van der Waals surface area contributed by atoms with Crippen molar-refractivity contribution < 1.29 is 19.2 Å². The van der Waals surface area contributed by atoms with Crippen molar-refractivity contribution in [3.05, 3.63) is 89.6 Å². The van der Waals surface area contributed by atoms with Crippen molar-refractivity contribution in [2.75, 3.05) is 0 Å². The molecular weight excluding hydrogens is 364 g/mol. The molecule has 1 aliphatic heterocycles. The van der Waals surface area contributed by atoms with Crippen LogP contribution in [0.3, 0.4) is 0 Å². The Morgan fingerprint density at radius 1 is 0.852 bits per heavy atom. The van der Waals surface area contributed by atoms with E-state index in [9.17, 15) is 14.4 Å². The zero-order valence-corrected chi connectivity index (χ0v) is 14.7. The summed E-state index contributed by atoms with van der Waals surface area (Å²) >= 11 is 1.45. The smallest absolute Gasteiger partial charge is 0.324 e. The average Bonchev–Trinajstić information content (AvgIpc) is 2.94. The molecule has 132 valence electrons. The first-order valence-corrected chi connectivity index (χ1v) is 8.84. The number of carbonyl (C=O) groups is 3. The van der Waals surface area contributed by atoms with E-state index in [-0.39, 0.29) is 16.7 Å². The third-order valence-electron chi connectivity index (χ3n) is 3.88. The first-order valence-electron chi connectivity index (χ1n) is 8.02.